The maximum Gasteiger partial charge on any atom is 0.191 e. The number of nitrogens with zero attached hydrogens (tertiary/aromatic N) is 1. The van der Waals surface area contributed by atoms with Gasteiger partial charge in [0.1, 0.15) is 15.7 Å². The van der Waals surface area contributed by atoms with Crippen LogP contribution in [-0.4, -0.2) is 40.0 Å². The number of sulfone groups is 1. The Bertz CT molecular complexity index is 558. The van der Waals surface area contributed by atoms with Crippen molar-refractivity contribution in [2.75, 3.05) is 25.6 Å². The molecule has 0 saturated carbocycles. The third kappa shape index (κ3) is 7.08. The Balaban J connectivity index is 2.33. The molecule has 2 N–H and O–H groups in total. The molecule has 5 nitrogen and oxygen atoms in total. The molecule has 1 aromatic carbocycles. The molecule has 0 fully saturated rings. The molecule has 1 aromatic rings. The number of aliphatic imine (C=N–C) groups is 1. The van der Waals surface area contributed by atoms with E-state index in [-0.39, 0.29) is 11.6 Å². The Kier molecular flexibility index (Phi) is 6.44. The summed E-state index contributed by atoms with van der Waals surface area (Å²) in [6.07, 6.45) is 1.73. The fourth-order valence-corrected chi connectivity index (χ4v) is 2.26. The second-order valence-corrected chi connectivity index (χ2v) is 6.73. The van der Waals surface area contributed by atoms with Crippen molar-refractivity contribution in [2.24, 2.45) is 4.99 Å². The van der Waals surface area contributed by atoms with Crippen LogP contribution in [0.25, 0.3) is 0 Å². The van der Waals surface area contributed by atoms with Crippen LogP contribution in [0.3, 0.4) is 0 Å². The van der Waals surface area contributed by atoms with Crippen molar-refractivity contribution in [2.45, 2.75) is 13.0 Å². The van der Waals surface area contributed by atoms with Gasteiger partial charge in [-0.1, -0.05) is 12.1 Å². The summed E-state index contributed by atoms with van der Waals surface area (Å²) in [5.74, 6) is 0.420. The Hall–Kier alpha value is -1.63. The van der Waals surface area contributed by atoms with Crippen LogP contribution in [0.15, 0.2) is 29.3 Å². The Labute approximate surface area is 119 Å². The van der Waals surface area contributed by atoms with Gasteiger partial charge < -0.3 is 10.6 Å². The van der Waals surface area contributed by atoms with E-state index >= 15 is 0 Å². The molecule has 0 spiro atoms. The minimum atomic E-state index is -2.93. The first-order chi connectivity index (χ1) is 9.40. The molecular weight excluding hydrogens is 281 g/mol. The summed E-state index contributed by atoms with van der Waals surface area (Å²) in [5, 5.41) is 6.04. The van der Waals surface area contributed by atoms with Gasteiger partial charge in [0, 0.05) is 26.4 Å². The van der Waals surface area contributed by atoms with Crippen molar-refractivity contribution >= 4 is 15.8 Å². The molecule has 0 heterocycles. The topological polar surface area (TPSA) is 70.6 Å². The Morgan fingerprint density at radius 3 is 2.70 bits per heavy atom. The second kappa shape index (κ2) is 7.84. The lowest BCUT2D eigenvalue weighted by Crippen LogP contribution is -2.37. The first-order valence-corrected chi connectivity index (χ1v) is 8.33. The van der Waals surface area contributed by atoms with Gasteiger partial charge in [-0.3, -0.25) is 4.99 Å². The smallest absolute Gasteiger partial charge is 0.191 e. The number of hydrogen-bond acceptors (Lipinski definition) is 3. The molecule has 0 atom stereocenters. The highest BCUT2D eigenvalue weighted by atomic mass is 32.2. The second-order valence-electron chi connectivity index (χ2n) is 4.47. The monoisotopic (exact) mass is 301 g/mol. The molecular formula is C13H20FN3O2S. The Morgan fingerprint density at radius 1 is 1.35 bits per heavy atom. The molecule has 0 unspecified atom stereocenters. The van der Waals surface area contributed by atoms with E-state index in [1.165, 1.54) is 18.4 Å². The lowest BCUT2D eigenvalue weighted by atomic mass is 10.2. The van der Waals surface area contributed by atoms with Crippen LogP contribution < -0.4 is 10.6 Å². The van der Waals surface area contributed by atoms with Gasteiger partial charge >= 0.3 is 0 Å². The molecule has 1 rings (SSSR count). The van der Waals surface area contributed by atoms with E-state index in [1.807, 2.05) is 6.07 Å². The van der Waals surface area contributed by atoms with Crippen LogP contribution in [0.4, 0.5) is 4.39 Å². The molecule has 0 saturated heterocycles. The molecule has 112 valence electrons. The van der Waals surface area contributed by atoms with Gasteiger partial charge in [-0.15, -0.1) is 0 Å². The van der Waals surface area contributed by atoms with Crippen LogP contribution in [0.2, 0.25) is 0 Å². The Morgan fingerprint density at radius 2 is 2.10 bits per heavy atom. The van der Waals surface area contributed by atoms with Crippen LogP contribution in [0, 0.1) is 5.82 Å². The summed E-state index contributed by atoms with van der Waals surface area (Å²) in [5.41, 5.74) is 0.809. The summed E-state index contributed by atoms with van der Waals surface area (Å²) in [4.78, 5) is 4.01. The number of rotatable bonds is 6. The predicted molar refractivity (Wildman–Crippen MR) is 78.9 cm³/mol. The van der Waals surface area contributed by atoms with Crippen molar-refractivity contribution in [1.82, 2.24) is 10.6 Å². The molecule has 7 heteroatoms. The number of benzene rings is 1. The van der Waals surface area contributed by atoms with Crippen molar-refractivity contribution in [3.05, 3.63) is 35.6 Å². The van der Waals surface area contributed by atoms with Gasteiger partial charge in [-0.25, -0.2) is 12.8 Å². The van der Waals surface area contributed by atoms with Crippen LogP contribution in [-0.2, 0) is 16.4 Å². The molecule has 0 aliphatic heterocycles. The van der Waals surface area contributed by atoms with E-state index in [2.05, 4.69) is 15.6 Å². The van der Waals surface area contributed by atoms with Gasteiger partial charge in [0.2, 0.25) is 0 Å². The fourth-order valence-electron chi connectivity index (χ4n) is 1.59. The molecule has 0 aliphatic carbocycles. The number of hydrogen-bond donors (Lipinski definition) is 2. The van der Waals surface area contributed by atoms with Gasteiger partial charge in [0.15, 0.2) is 5.96 Å². The standard InChI is InChI=1S/C13H20FN3O2S/c1-15-13(16-7-4-8-20(2,18)19)17-10-11-5-3-6-12(14)9-11/h3,5-6,9H,4,7-8,10H2,1-2H3,(H2,15,16,17). The highest BCUT2D eigenvalue weighted by Crippen LogP contribution is 2.02. The number of guanidine groups is 1. The average molecular weight is 301 g/mol. The number of halogens is 1. The van der Waals surface area contributed by atoms with Crippen molar-refractivity contribution in [1.29, 1.82) is 0 Å². The molecule has 0 bridgehead atoms. The van der Waals surface area contributed by atoms with E-state index in [4.69, 9.17) is 0 Å². The van der Waals surface area contributed by atoms with Crippen LogP contribution in [0.5, 0.6) is 0 Å². The summed E-state index contributed by atoms with van der Waals surface area (Å²) in [6.45, 7) is 0.958. The molecule has 0 amide bonds. The van der Waals surface area contributed by atoms with E-state index in [9.17, 15) is 12.8 Å². The van der Waals surface area contributed by atoms with Gasteiger partial charge in [-0.2, -0.15) is 0 Å². The van der Waals surface area contributed by atoms with E-state index in [1.54, 1.807) is 13.1 Å². The largest absolute Gasteiger partial charge is 0.356 e. The SMILES string of the molecule is CN=C(NCCCS(C)(=O)=O)NCc1cccc(F)c1. The fraction of sp³-hybridized carbons (Fsp3) is 0.462. The van der Waals surface area contributed by atoms with E-state index in [0.717, 1.165) is 5.56 Å². The van der Waals surface area contributed by atoms with Crippen molar-refractivity contribution < 1.29 is 12.8 Å². The minimum Gasteiger partial charge on any atom is -0.356 e. The summed E-state index contributed by atoms with van der Waals surface area (Å²) in [7, 11) is -1.31. The highest BCUT2D eigenvalue weighted by molar-refractivity contribution is 7.90. The minimum absolute atomic E-state index is 0.140. The molecule has 20 heavy (non-hydrogen) atoms. The third-order valence-electron chi connectivity index (χ3n) is 2.56. The number of nitrogens with one attached hydrogen (secondary N) is 2. The average Bonchev–Trinajstić information content (AvgIpc) is 2.37. The van der Waals surface area contributed by atoms with Crippen molar-refractivity contribution in [3.63, 3.8) is 0 Å². The summed E-state index contributed by atoms with van der Waals surface area (Å²) < 4.78 is 35.0. The highest BCUT2D eigenvalue weighted by Gasteiger charge is 2.02. The van der Waals surface area contributed by atoms with Crippen LogP contribution in [0.1, 0.15) is 12.0 Å². The lowest BCUT2D eigenvalue weighted by molar-refractivity contribution is 0.598. The maximum atomic E-state index is 13.0. The zero-order valence-electron chi connectivity index (χ0n) is 11.7. The zero-order chi connectivity index (χ0) is 15.0. The normalized spacial score (nSPS) is 12.2. The first kappa shape index (κ1) is 16.4. The lowest BCUT2D eigenvalue weighted by Gasteiger charge is -2.11. The first-order valence-electron chi connectivity index (χ1n) is 6.27. The molecule has 0 radical (unpaired) electrons. The molecule has 0 aliphatic rings. The third-order valence-corrected chi connectivity index (χ3v) is 3.59. The van der Waals surface area contributed by atoms with E-state index < -0.39 is 9.84 Å². The van der Waals surface area contributed by atoms with Gasteiger partial charge in [0.25, 0.3) is 0 Å². The van der Waals surface area contributed by atoms with E-state index in [0.29, 0.717) is 25.5 Å². The summed E-state index contributed by atoms with van der Waals surface area (Å²) >= 11 is 0. The summed E-state index contributed by atoms with van der Waals surface area (Å²) in [6, 6.07) is 6.30. The quantitative estimate of drug-likeness (QED) is 0.466. The zero-order valence-corrected chi connectivity index (χ0v) is 12.5. The van der Waals surface area contributed by atoms with Crippen molar-refractivity contribution in [3.8, 4) is 0 Å². The van der Waals surface area contributed by atoms with Gasteiger partial charge in [0.05, 0.1) is 5.75 Å². The molecule has 0 aromatic heterocycles. The maximum absolute atomic E-state index is 13.0. The van der Waals surface area contributed by atoms with Crippen LogP contribution >= 0.6 is 0 Å². The van der Waals surface area contributed by atoms with Gasteiger partial charge in [-0.05, 0) is 24.1 Å². The predicted octanol–water partition coefficient (Wildman–Crippen LogP) is 0.925.